The minimum atomic E-state index is 0.828. The van der Waals surface area contributed by atoms with Crippen LogP contribution < -0.4 is 10.2 Å². The van der Waals surface area contributed by atoms with Crippen molar-refractivity contribution in [1.82, 2.24) is 4.98 Å². The van der Waals surface area contributed by atoms with Gasteiger partial charge in [0.25, 0.3) is 0 Å². The monoisotopic (exact) mass is 255 g/mol. The standard InChI is InChI=1S/C16H21N3/c1-12-5-6-14(13(2)9-12)10-17-15-7-8-16(18-11-15)19(3)4/h5-9,11,17H,10H2,1-4H3. The molecule has 100 valence electrons. The van der Waals surface area contributed by atoms with E-state index in [-0.39, 0.29) is 0 Å². The van der Waals surface area contributed by atoms with E-state index in [2.05, 4.69) is 48.4 Å². The third-order valence-corrected chi connectivity index (χ3v) is 3.19. The van der Waals surface area contributed by atoms with Crippen molar-refractivity contribution in [2.24, 2.45) is 0 Å². The van der Waals surface area contributed by atoms with Crippen LogP contribution in [0.1, 0.15) is 16.7 Å². The lowest BCUT2D eigenvalue weighted by Crippen LogP contribution is -2.10. The average Bonchev–Trinajstić information content (AvgIpc) is 2.38. The maximum Gasteiger partial charge on any atom is 0.128 e. The van der Waals surface area contributed by atoms with Crippen LogP contribution in [0.3, 0.4) is 0 Å². The molecule has 1 heterocycles. The highest BCUT2D eigenvalue weighted by Crippen LogP contribution is 2.15. The van der Waals surface area contributed by atoms with Crippen LogP contribution in [0.2, 0.25) is 0 Å². The van der Waals surface area contributed by atoms with E-state index in [4.69, 9.17) is 0 Å². The normalized spacial score (nSPS) is 10.3. The molecule has 19 heavy (non-hydrogen) atoms. The van der Waals surface area contributed by atoms with Crippen LogP contribution in [0.15, 0.2) is 36.5 Å². The molecule has 3 nitrogen and oxygen atoms in total. The smallest absolute Gasteiger partial charge is 0.128 e. The maximum absolute atomic E-state index is 4.39. The second kappa shape index (κ2) is 5.74. The molecule has 0 spiro atoms. The Kier molecular flexibility index (Phi) is 4.05. The molecule has 1 aromatic carbocycles. The molecular formula is C16H21N3. The van der Waals surface area contributed by atoms with Crippen molar-refractivity contribution in [2.45, 2.75) is 20.4 Å². The van der Waals surface area contributed by atoms with Gasteiger partial charge in [0.2, 0.25) is 0 Å². The second-order valence-corrected chi connectivity index (χ2v) is 5.08. The Morgan fingerprint density at radius 2 is 1.89 bits per heavy atom. The first-order valence-corrected chi connectivity index (χ1v) is 6.49. The van der Waals surface area contributed by atoms with Gasteiger partial charge in [0.1, 0.15) is 5.82 Å². The molecule has 2 rings (SSSR count). The first kappa shape index (κ1) is 13.4. The van der Waals surface area contributed by atoms with Gasteiger partial charge in [-0.25, -0.2) is 4.98 Å². The van der Waals surface area contributed by atoms with Gasteiger partial charge >= 0.3 is 0 Å². The summed E-state index contributed by atoms with van der Waals surface area (Å²) in [6.45, 7) is 5.10. The fraction of sp³-hybridized carbons (Fsp3) is 0.312. The zero-order chi connectivity index (χ0) is 13.8. The van der Waals surface area contributed by atoms with Crippen molar-refractivity contribution in [1.29, 1.82) is 0 Å². The van der Waals surface area contributed by atoms with Gasteiger partial charge in [-0.15, -0.1) is 0 Å². The summed E-state index contributed by atoms with van der Waals surface area (Å²) in [4.78, 5) is 6.38. The number of hydrogen-bond acceptors (Lipinski definition) is 3. The summed E-state index contributed by atoms with van der Waals surface area (Å²) in [5.41, 5.74) is 5.00. The van der Waals surface area contributed by atoms with E-state index in [1.54, 1.807) is 0 Å². The van der Waals surface area contributed by atoms with Gasteiger partial charge in [-0.2, -0.15) is 0 Å². The molecule has 0 saturated heterocycles. The molecule has 0 saturated carbocycles. The van der Waals surface area contributed by atoms with Crippen molar-refractivity contribution >= 4 is 11.5 Å². The molecular weight excluding hydrogens is 234 g/mol. The number of nitrogens with zero attached hydrogens (tertiary/aromatic N) is 2. The molecule has 0 aliphatic carbocycles. The number of anilines is 2. The molecule has 2 aromatic rings. The van der Waals surface area contributed by atoms with Crippen LogP contribution in [-0.4, -0.2) is 19.1 Å². The largest absolute Gasteiger partial charge is 0.380 e. The third-order valence-electron chi connectivity index (χ3n) is 3.19. The fourth-order valence-electron chi connectivity index (χ4n) is 2.00. The highest BCUT2D eigenvalue weighted by Gasteiger charge is 2.00. The molecule has 0 amide bonds. The van der Waals surface area contributed by atoms with E-state index in [9.17, 15) is 0 Å². The number of aryl methyl sites for hydroxylation is 2. The second-order valence-electron chi connectivity index (χ2n) is 5.08. The summed E-state index contributed by atoms with van der Waals surface area (Å²) in [6.07, 6.45) is 1.87. The highest BCUT2D eigenvalue weighted by atomic mass is 15.1. The number of aromatic nitrogens is 1. The summed E-state index contributed by atoms with van der Waals surface area (Å²) < 4.78 is 0. The van der Waals surface area contributed by atoms with Crippen molar-refractivity contribution < 1.29 is 0 Å². The first-order valence-electron chi connectivity index (χ1n) is 6.49. The fourth-order valence-corrected chi connectivity index (χ4v) is 2.00. The van der Waals surface area contributed by atoms with Gasteiger partial charge in [-0.1, -0.05) is 23.8 Å². The predicted molar refractivity (Wildman–Crippen MR) is 81.8 cm³/mol. The molecule has 0 unspecified atom stereocenters. The zero-order valence-electron chi connectivity index (χ0n) is 12.1. The molecule has 0 radical (unpaired) electrons. The zero-order valence-corrected chi connectivity index (χ0v) is 12.1. The predicted octanol–water partition coefficient (Wildman–Crippen LogP) is 3.38. The molecule has 0 fully saturated rings. The van der Waals surface area contributed by atoms with Gasteiger partial charge in [-0.05, 0) is 37.1 Å². The van der Waals surface area contributed by atoms with Crippen LogP contribution >= 0.6 is 0 Å². The number of pyridine rings is 1. The molecule has 1 aromatic heterocycles. The van der Waals surface area contributed by atoms with Crippen LogP contribution in [0.4, 0.5) is 11.5 Å². The minimum Gasteiger partial charge on any atom is -0.380 e. The summed E-state index contributed by atoms with van der Waals surface area (Å²) in [7, 11) is 3.98. The van der Waals surface area contributed by atoms with Gasteiger partial charge in [0.05, 0.1) is 11.9 Å². The van der Waals surface area contributed by atoms with E-state index in [1.807, 2.05) is 31.3 Å². The molecule has 0 bridgehead atoms. The van der Waals surface area contributed by atoms with Crippen molar-refractivity contribution in [3.05, 3.63) is 53.2 Å². The Bertz CT molecular complexity index is 544. The van der Waals surface area contributed by atoms with Crippen LogP contribution in [0, 0.1) is 13.8 Å². The minimum absolute atomic E-state index is 0.828. The average molecular weight is 255 g/mol. The molecule has 3 heteroatoms. The summed E-state index contributed by atoms with van der Waals surface area (Å²) in [5.74, 6) is 0.970. The van der Waals surface area contributed by atoms with Gasteiger partial charge in [0, 0.05) is 20.6 Å². The highest BCUT2D eigenvalue weighted by molar-refractivity contribution is 5.48. The van der Waals surface area contributed by atoms with E-state index in [0.717, 1.165) is 18.1 Å². The van der Waals surface area contributed by atoms with Gasteiger partial charge in [0.15, 0.2) is 0 Å². The van der Waals surface area contributed by atoms with Crippen molar-refractivity contribution in [3.8, 4) is 0 Å². The first-order chi connectivity index (χ1) is 9.06. The molecule has 0 aliphatic rings. The lowest BCUT2D eigenvalue weighted by atomic mass is 10.1. The summed E-state index contributed by atoms with van der Waals surface area (Å²) in [6, 6.07) is 10.6. The lowest BCUT2D eigenvalue weighted by molar-refractivity contribution is 1.06. The lowest BCUT2D eigenvalue weighted by Gasteiger charge is -2.13. The molecule has 0 atom stereocenters. The number of rotatable bonds is 4. The van der Waals surface area contributed by atoms with Crippen LogP contribution in [0.25, 0.3) is 0 Å². The Hall–Kier alpha value is -2.03. The maximum atomic E-state index is 4.39. The van der Waals surface area contributed by atoms with E-state index in [0.29, 0.717) is 0 Å². The SMILES string of the molecule is Cc1ccc(CNc2ccc(N(C)C)nc2)c(C)c1. The molecule has 0 aliphatic heterocycles. The van der Waals surface area contributed by atoms with Gasteiger partial charge in [-0.3, -0.25) is 0 Å². The quantitative estimate of drug-likeness (QED) is 0.907. The molecule has 1 N–H and O–H groups in total. The Labute approximate surface area is 115 Å². The number of nitrogens with one attached hydrogen (secondary N) is 1. The van der Waals surface area contributed by atoms with Gasteiger partial charge < -0.3 is 10.2 Å². The van der Waals surface area contributed by atoms with Crippen LogP contribution in [0.5, 0.6) is 0 Å². The Balaban J connectivity index is 2.02. The Morgan fingerprint density at radius 1 is 1.11 bits per heavy atom. The van der Waals surface area contributed by atoms with E-state index in [1.165, 1.54) is 16.7 Å². The summed E-state index contributed by atoms with van der Waals surface area (Å²) in [5, 5.41) is 3.41. The van der Waals surface area contributed by atoms with Crippen molar-refractivity contribution in [3.63, 3.8) is 0 Å². The topological polar surface area (TPSA) is 28.2 Å². The summed E-state index contributed by atoms with van der Waals surface area (Å²) >= 11 is 0. The van der Waals surface area contributed by atoms with Crippen molar-refractivity contribution in [2.75, 3.05) is 24.3 Å². The van der Waals surface area contributed by atoms with E-state index >= 15 is 0 Å². The number of benzene rings is 1. The Morgan fingerprint density at radius 3 is 2.47 bits per heavy atom. The van der Waals surface area contributed by atoms with Crippen LogP contribution in [-0.2, 0) is 6.54 Å². The third kappa shape index (κ3) is 3.47. The number of hydrogen-bond donors (Lipinski definition) is 1. The van der Waals surface area contributed by atoms with E-state index < -0.39 is 0 Å².